The lowest BCUT2D eigenvalue weighted by Gasteiger charge is -2.31. The first kappa shape index (κ1) is 25.5. The van der Waals surface area contributed by atoms with Crippen LogP contribution in [0.2, 0.25) is 0 Å². The number of rotatable bonds is 2. The summed E-state index contributed by atoms with van der Waals surface area (Å²) < 4.78 is 6.63. The van der Waals surface area contributed by atoms with Crippen molar-refractivity contribution in [2.24, 2.45) is 0 Å². The standard InChI is InChI=1S/C30H46O/c1-19-23(27(3,4)5)15-21(16-24(19)28(6,7)8)31-22-17-25(29(9,10)11)20(2)26(18-22)30(12,13)14/h15-18H,1-14H3. The van der Waals surface area contributed by atoms with Gasteiger partial charge in [0.25, 0.3) is 0 Å². The van der Waals surface area contributed by atoms with Crippen LogP contribution in [0.5, 0.6) is 11.5 Å². The van der Waals surface area contributed by atoms with E-state index in [0.29, 0.717) is 0 Å². The molecule has 0 saturated carbocycles. The van der Waals surface area contributed by atoms with Gasteiger partial charge in [-0.3, -0.25) is 0 Å². The van der Waals surface area contributed by atoms with Gasteiger partial charge in [-0.2, -0.15) is 0 Å². The fourth-order valence-electron chi connectivity index (χ4n) is 4.75. The molecule has 172 valence electrons. The molecule has 0 heterocycles. The summed E-state index contributed by atoms with van der Waals surface area (Å²) in [7, 11) is 0. The molecule has 0 aliphatic carbocycles. The Morgan fingerprint density at radius 1 is 0.419 bits per heavy atom. The van der Waals surface area contributed by atoms with Gasteiger partial charge < -0.3 is 4.74 Å². The fraction of sp³-hybridized carbons (Fsp3) is 0.600. The summed E-state index contributed by atoms with van der Waals surface area (Å²) in [5, 5.41) is 0. The molecule has 0 aromatic heterocycles. The van der Waals surface area contributed by atoms with E-state index >= 15 is 0 Å². The minimum Gasteiger partial charge on any atom is -0.457 e. The van der Waals surface area contributed by atoms with E-state index in [4.69, 9.17) is 4.74 Å². The lowest BCUT2D eigenvalue weighted by atomic mass is 9.76. The van der Waals surface area contributed by atoms with E-state index in [9.17, 15) is 0 Å². The van der Waals surface area contributed by atoms with Gasteiger partial charge in [0.2, 0.25) is 0 Å². The third-order valence-corrected chi connectivity index (χ3v) is 6.23. The monoisotopic (exact) mass is 422 g/mol. The molecule has 0 atom stereocenters. The van der Waals surface area contributed by atoms with Crippen molar-refractivity contribution in [2.45, 2.75) is 119 Å². The first-order valence-electron chi connectivity index (χ1n) is 11.7. The second-order valence-electron chi connectivity index (χ2n) is 13.4. The molecule has 2 rings (SSSR count). The largest absolute Gasteiger partial charge is 0.457 e. The van der Waals surface area contributed by atoms with E-state index in [1.54, 1.807) is 0 Å². The minimum atomic E-state index is 0.0594. The van der Waals surface area contributed by atoms with Crippen molar-refractivity contribution >= 4 is 0 Å². The van der Waals surface area contributed by atoms with Gasteiger partial charge in [-0.05, 0) is 93.2 Å². The SMILES string of the molecule is Cc1c(C(C)(C)C)cc(Oc2cc(C(C)(C)C)c(C)c(C(C)(C)C)c2)cc1C(C)(C)C. The number of hydrogen-bond donors (Lipinski definition) is 0. The molecule has 0 aliphatic heterocycles. The van der Waals surface area contributed by atoms with Crippen molar-refractivity contribution in [3.05, 3.63) is 57.6 Å². The van der Waals surface area contributed by atoms with E-state index in [1.807, 2.05) is 0 Å². The molecule has 0 amide bonds. The highest BCUT2D eigenvalue weighted by Gasteiger charge is 2.27. The highest BCUT2D eigenvalue weighted by molar-refractivity contribution is 5.51. The van der Waals surface area contributed by atoms with Crippen molar-refractivity contribution in [3.63, 3.8) is 0 Å². The molecule has 0 saturated heterocycles. The molecule has 2 aromatic rings. The van der Waals surface area contributed by atoms with Crippen LogP contribution in [0.1, 0.15) is 116 Å². The van der Waals surface area contributed by atoms with Crippen LogP contribution in [0.15, 0.2) is 24.3 Å². The van der Waals surface area contributed by atoms with Crippen LogP contribution in [0.3, 0.4) is 0 Å². The number of benzene rings is 2. The van der Waals surface area contributed by atoms with Crippen molar-refractivity contribution in [1.82, 2.24) is 0 Å². The third kappa shape index (κ3) is 5.73. The van der Waals surface area contributed by atoms with Crippen LogP contribution in [-0.4, -0.2) is 0 Å². The molecule has 0 spiro atoms. The second kappa shape index (κ2) is 7.98. The molecule has 0 fully saturated rings. The van der Waals surface area contributed by atoms with E-state index in [0.717, 1.165) is 11.5 Å². The van der Waals surface area contributed by atoms with E-state index in [2.05, 4.69) is 121 Å². The van der Waals surface area contributed by atoms with Gasteiger partial charge in [-0.15, -0.1) is 0 Å². The Balaban J connectivity index is 2.73. The Labute approximate surface area is 192 Å². The predicted molar refractivity (Wildman–Crippen MR) is 137 cm³/mol. The first-order chi connectivity index (χ1) is 13.7. The average Bonchev–Trinajstić information content (AvgIpc) is 2.53. The van der Waals surface area contributed by atoms with Crippen LogP contribution in [0.25, 0.3) is 0 Å². The van der Waals surface area contributed by atoms with E-state index in [1.165, 1.54) is 33.4 Å². The molecule has 1 heteroatoms. The third-order valence-electron chi connectivity index (χ3n) is 6.23. The van der Waals surface area contributed by atoms with Gasteiger partial charge in [0.05, 0.1) is 0 Å². The summed E-state index contributed by atoms with van der Waals surface area (Å²) >= 11 is 0. The highest BCUT2D eigenvalue weighted by Crippen LogP contribution is 2.41. The molecule has 0 radical (unpaired) electrons. The predicted octanol–water partition coefficient (Wildman–Crippen LogP) is 9.29. The van der Waals surface area contributed by atoms with Crippen molar-refractivity contribution < 1.29 is 4.74 Å². The van der Waals surface area contributed by atoms with Crippen LogP contribution in [0.4, 0.5) is 0 Å². The lowest BCUT2D eigenvalue weighted by molar-refractivity contribution is 0.464. The summed E-state index contributed by atoms with van der Waals surface area (Å²) in [5.41, 5.74) is 8.41. The zero-order chi connectivity index (χ0) is 24.2. The lowest BCUT2D eigenvalue weighted by Crippen LogP contribution is -2.20. The van der Waals surface area contributed by atoms with Crippen molar-refractivity contribution in [3.8, 4) is 11.5 Å². The van der Waals surface area contributed by atoms with Crippen LogP contribution >= 0.6 is 0 Å². The highest BCUT2D eigenvalue weighted by atomic mass is 16.5. The molecular formula is C30H46O. The van der Waals surface area contributed by atoms with Gasteiger partial charge in [0, 0.05) is 0 Å². The Hall–Kier alpha value is -1.76. The van der Waals surface area contributed by atoms with Crippen LogP contribution < -0.4 is 4.74 Å². The van der Waals surface area contributed by atoms with Gasteiger partial charge in [0.1, 0.15) is 11.5 Å². The quantitative estimate of drug-likeness (QED) is 0.468. The Morgan fingerprint density at radius 2 is 0.613 bits per heavy atom. The second-order valence-corrected chi connectivity index (χ2v) is 13.4. The topological polar surface area (TPSA) is 9.23 Å². The molecule has 31 heavy (non-hydrogen) atoms. The summed E-state index contributed by atoms with van der Waals surface area (Å²) in [6.07, 6.45) is 0. The summed E-state index contributed by atoms with van der Waals surface area (Å²) in [4.78, 5) is 0. The minimum absolute atomic E-state index is 0.0594. The normalized spacial score (nSPS) is 13.5. The summed E-state index contributed by atoms with van der Waals surface area (Å²) in [6, 6.07) is 8.99. The van der Waals surface area contributed by atoms with Crippen LogP contribution in [-0.2, 0) is 21.7 Å². The van der Waals surface area contributed by atoms with Gasteiger partial charge >= 0.3 is 0 Å². The van der Waals surface area contributed by atoms with Gasteiger partial charge in [0.15, 0.2) is 0 Å². The maximum absolute atomic E-state index is 6.63. The molecular weight excluding hydrogens is 376 g/mol. The molecule has 0 N–H and O–H groups in total. The zero-order valence-electron chi connectivity index (χ0n) is 22.7. The number of ether oxygens (including phenoxy) is 1. The molecule has 0 unspecified atom stereocenters. The maximum Gasteiger partial charge on any atom is 0.128 e. The maximum atomic E-state index is 6.63. The Morgan fingerprint density at radius 3 is 0.774 bits per heavy atom. The van der Waals surface area contributed by atoms with E-state index < -0.39 is 0 Å². The van der Waals surface area contributed by atoms with Crippen molar-refractivity contribution in [2.75, 3.05) is 0 Å². The Bertz CT molecular complexity index is 798. The summed E-state index contributed by atoms with van der Waals surface area (Å²) in [5.74, 6) is 1.87. The number of hydrogen-bond acceptors (Lipinski definition) is 1. The molecule has 1 nitrogen and oxygen atoms in total. The molecule has 0 aliphatic rings. The first-order valence-corrected chi connectivity index (χ1v) is 11.7. The zero-order valence-corrected chi connectivity index (χ0v) is 22.7. The van der Waals surface area contributed by atoms with Crippen molar-refractivity contribution in [1.29, 1.82) is 0 Å². The Kier molecular flexibility index (Phi) is 6.57. The molecule has 2 aromatic carbocycles. The van der Waals surface area contributed by atoms with E-state index in [-0.39, 0.29) is 21.7 Å². The molecule has 0 bridgehead atoms. The van der Waals surface area contributed by atoms with Gasteiger partial charge in [-0.1, -0.05) is 83.1 Å². The average molecular weight is 423 g/mol. The van der Waals surface area contributed by atoms with Gasteiger partial charge in [-0.25, -0.2) is 0 Å². The fourth-order valence-corrected chi connectivity index (χ4v) is 4.75. The summed E-state index contributed by atoms with van der Waals surface area (Å²) in [6.45, 7) is 31.9. The smallest absolute Gasteiger partial charge is 0.128 e. The van der Waals surface area contributed by atoms with Crippen LogP contribution in [0, 0.1) is 13.8 Å².